The van der Waals surface area contributed by atoms with Gasteiger partial charge in [-0.3, -0.25) is 0 Å². The Kier molecular flexibility index (Phi) is 4.52. The molecule has 0 bridgehead atoms. The molecule has 0 heterocycles. The molecule has 5 heteroatoms. The highest BCUT2D eigenvalue weighted by Gasteiger charge is 2.30. The van der Waals surface area contributed by atoms with Crippen molar-refractivity contribution in [3.05, 3.63) is 29.3 Å². The molecule has 1 aromatic rings. The fraction of sp³-hybridized carbons (Fsp3) is 0.600. The van der Waals surface area contributed by atoms with Crippen LogP contribution < -0.4 is 4.72 Å². The lowest BCUT2D eigenvalue weighted by Gasteiger charge is -2.32. The number of aryl methyl sites for hydroxylation is 2. The predicted molar refractivity (Wildman–Crippen MR) is 79.1 cm³/mol. The summed E-state index contributed by atoms with van der Waals surface area (Å²) in [7, 11) is -3.55. The number of hydrogen-bond donors (Lipinski definition) is 2. The van der Waals surface area contributed by atoms with Crippen LogP contribution in [0.3, 0.4) is 0 Å². The molecule has 2 rings (SSSR count). The highest BCUT2D eigenvalue weighted by atomic mass is 32.2. The molecule has 0 atom stereocenters. The second kappa shape index (κ2) is 5.84. The van der Waals surface area contributed by atoms with Crippen molar-refractivity contribution in [2.24, 2.45) is 0 Å². The van der Waals surface area contributed by atoms with E-state index < -0.39 is 15.6 Å². The van der Waals surface area contributed by atoms with Crippen molar-refractivity contribution in [1.29, 1.82) is 0 Å². The molecule has 0 saturated heterocycles. The van der Waals surface area contributed by atoms with E-state index in [9.17, 15) is 13.5 Å². The number of rotatable bonds is 4. The highest BCUT2D eigenvalue weighted by Crippen LogP contribution is 2.27. The van der Waals surface area contributed by atoms with Gasteiger partial charge in [0.25, 0.3) is 0 Å². The largest absolute Gasteiger partial charge is 0.389 e. The Bertz CT molecular complexity index is 555. The van der Waals surface area contributed by atoms with Gasteiger partial charge < -0.3 is 5.11 Å². The second-order valence-electron chi connectivity index (χ2n) is 5.93. The number of nitrogens with one attached hydrogen (secondary N) is 1. The van der Waals surface area contributed by atoms with Gasteiger partial charge in [0.15, 0.2) is 0 Å². The zero-order valence-electron chi connectivity index (χ0n) is 12.1. The Morgan fingerprint density at radius 1 is 1.10 bits per heavy atom. The fourth-order valence-corrected chi connectivity index (χ4v) is 4.09. The fourth-order valence-electron chi connectivity index (χ4n) is 2.79. The van der Waals surface area contributed by atoms with Gasteiger partial charge in [-0.1, -0.05) is 25.3 Å². The molecule has 4 nitrogen and oxygen atoms in total. The first-order valence-electron chi connectivity index (χ1n) is 7.11. The van der Waals surface area contributed by atoms with Crippen molar-refractivity contribution in [2.75, 3.05) is 6.54 Å². The first-order chi connectivity index (χ1) is 9.31. The van der Waals surface area contributed by atoms with E-state index >= 15 is 0 Å². The molecule has 2 N–H and O–H groups in total. The maximum absolute atomic E-state index is 12.3. The Labute approximate surface area is 121 Å². The molecule has 0 spiro atoms. The normalized spacial score (nSPS) is 18.9. The molecule has 0 unspecified atom stereocenters. The summed E-state index contributed by atoms with van der Waals surface area (Å²) in [6.45, 7) is 3.85. The van der Waals surface area contributed by atoms with Gasteiger partial charge in [0.2, 0.25) is 10.0 Å². The molecule has 0 aromatic heterocycles. The summed E-state index contributed by atoms with van der Waals surface area (Å²) in [5, 5.41) is 10.4. The van der Waals surface area contributed by atoms with Crippen molar-refractivity contribution < 1.29 is 13.5 Å². The van der Waals surface area contributed by atoms with Crippen LogP contribution in [0.15, 0.2) is 23.1 Å². The lowest BCUT2D eigenvalue weighted by molar-refractivity contribution is 0.00945. The van der Waals surface area contributed by atoms with E-state index in [-0.39, 0.29) is 11.4 Å². The molecule has 1 aliphatic rings. The minimum atomic E-state index is -3.55. The van der Waals surface area contributed by atoms with Crippen LogP contribution in [0.4, 0.5) is 0 Å². The quantitative estimate of drug-likeness (QED) is 0.896. The number of aliphatic hydroxyl groups is 1. The van der Waals surface area contributed by atoms with Crippen molar-refractivity contribution >= 4 is 10.0 Å². The molecular formula is C15H23NO3S. The molecule has 0 radical (unpaired) electrons. The zero-order valence-corrected chi connectivity index (χ0v) is 13.0. The van der Waals surface area contributed by atoms with Gasteiger partial charge in [0.1, 0.15) is 0 Å². The molecule has 1 saturated carbocycles. The standard InChI is InChI=1S/C15H23NO3S/c1-12-8-13(2)10-14(9-12)20(18,19)16-11-15(17)6-4-3-5-7-15/h8-10,16-17H,3-7,11H2,1-2H3. The smallest absolute Gasteiger partial charge is 0.240 e. The summed E-state index contributed by atoms with van der Waals surface area (Å²) in [4.78, 5) is 0.273. The van der Waals surface area contributed by atoms with E-state index in [1.165, 1.54) is 0 Å². The number of hydrogen-bond acceptors (Lipinski definition) is 3. The van der Waals surface area contributed by atoms with Crippen molar-refractivity contribution in [3.63, 3.8) is 0 Å². The Balaban J connectivity index is 2.11. The summed E-state index contributed by atoms with van der Waals surface area (Å²) in [6.07, 6.45) is 4.38. The summed E-state index contributed by atoms with van der Waals surface area (Å²) in [5.41, 5.74) is 0.952. The molecule has 0 amide bonds. The molecule has 1 aliphatic carbocycles. The summed E-state index contributed by atoms with van der Waals surface area (Å²) in [5.74, 6) is 0. The van der Waals surface area contributed by atoms with Gasteiger partial charge in [-0.15, -0.1) is 0 Å². The Morgan fingerprint density at radius 2 is 1.65 bits per heavy atom. The van der Waals surface area contributed by atoms with E-state index in [1.54, 1.807) is 12.1 Å². The van der Waals surface area contributed by atoms with E-state index in [0.29, 0.717) is 12.8 Å². The molecule has 112 valence electrons. The number of benzene rings is 1. The molecule has 1 fully saturated rings. The van der Waals surface area contributed by atoms with Crippen LogP contribution in [0, 0.1) is 13.8 Å². The van der Waals surface area contributed by atoms with E-state index in [2.05, 4.69) is 4.72 Å². The van der Waals surface area contributed by atoms with Gasteiger partial charge in [0.05, 0.1) is 10.5 Å². The maximum Gasteiger partial charge on any atom is 0.240 e. The molecular weight excluding hydrogens is 274 g/mol. The number of sulfonamides is 1. The lowest BCUT2D eigenvalue weighted by Crippen LogP contribution is -2.44. The third-order valence-corrected chi connectivity index (χ3v) is 5.26. The van der Waals surface area contributed by atoms with Crippen LogP contribution >= 0.6 is 0 Å². The average Bonchev–Trinajstić information content (AvgIpc) is 2.37. The molecule has 1 aromatic carbocycles. The van der Waals surface area contributed by atoms with Crippen LogP contribution in [-0.2, 0) is 10.0 Å². The topological polar surface area (TPSA) is 66.4 Å². The minimum absolute atomic E-state index is 0.0995. The van der Waals surface area contributed by atoms with E-state index in [0.717, 1.165) is 30.4 Å². The van der Waals surface area contributed by atoms with Crippen molar-refractivity contribution in [3.8, 4) is 0 Å². The van der Waals surface area contributed by atoms with E-state index in [1.807, 2.05) is 19.9 Å². The molecule has 0 aliphatic heterocycles. The monoisotopic (exact) mass is 297 g/mol. The van der Waals surface area contributed by atoms with Crippen LogP contribution in [0.5, 0.6) is 0 Å². The highest BCUT2D eigenvalue weighted by molar-refractivity contribution is 7.89. The van der Waals surface area contributed by atoms with Crippen LogP contribution in [0.25, 0.3) is 0 Å². The predicted octanol–water partition coefficient (Wildman–Crippen LogP) is 2.28. The third kappa shape index (κ3) is 3.81. The third-order valence-electron chi connectivity index (χ3n) is 3.88. The second-order valence-corrected chi connectivity index (χ2v) is 7.70. The van der Waals surface area contributed by atoms with Crippen molar-refractivity contribution in [2.45, 2.75) is 56.4 Å². The van der Waals surface area contributed by atoms with Gasteiger partial charge in [-0.25, -0.2) is 13.1 Å². The summed E-state index contributed by atoms with van der Waals surface area (Å²) < 4.78 is 27.2. The average molecular weight is 297 g/mol. The maximum atomic E-state index is 12.3. The van der Waals surface area contributed by atoms with Crippen LogP contribution in [0.1, 0.15) is 43.2 Å². The van der Waals surface area contributed by atoms with Crippen molar-refractivity contribution in [1.82, 2.24) is 4.72 Å². The van der Waals surface area contributed by atoms with Crippen LogP contribution in [0.2, 0.25) is 0 Å². The van der Waals surface area contributed by atoms with Gasteiger partial charge >= 0.3 is 0 Å². The summed E-state index contributed by atoms with van der Waals surface area (Å²) >= 11 is 0. The lowest BCUT2D eigenvalue weighted by atomic mass is 9.85. The zero-order chi connectivity index (χ0) is 14.8. The van der Waals surface area contributed by atoms with Gasteiger partial charge in [-0.05, 0) is 49.9 Å². The SMILES string of the molecule is Cc1cc(C)cc(S(=O)(=O)NCC2(O)CCCCC2)c1. The summed E-state index contributed by atoms with van der Waals surface area (Å²) in [6, 6.07) is 5.24. The van der Waals surface area contributed by atoms with Gasteiger partial charge in [0, 0.05) is 6.54 Å². The minimum Gasteiger partial charge on any atom is -0.389 e. The van der Waals surface area contributed by atoms with Gasteiger partial charge in [-0.2, -0.15) is 0 Å². The Morgan fingerprint density at radius 3 is 2.20 bits per heavy atom. The first-order valence-corrected chi connectivity index (χ1v) is 8.59. The first kappa shape index (κ1) is 15.5. The van der Waals surface area contributed by atoms with E-state index in [4.69, 9.17) is 0 Å². The molecule has 20 heavy (non-hydrogen) atoms. The Hall–Kier alpha value is -0.910. The van der Waals surface area contributed by atoms with Crippen LogP contribution in [-0.4, -0.2) is 25.7 Å².